The number of hydrogen-bond acceptors (Lipinski definition) is 11. The highest BCUT2D eigenvalue weighted by molar-refractivity contribution is 9.10. The van der Waals surface area contributed by atoms with Gasteiger partial charge >= 0.3 is 0 Å². The number of hydrazone groups is 1. The number of ether oxygens (including phenoxy) is 3. The SMILES string of the molecule is COCc1c(C(=O)N/N=C/c2cc(Br)c(OCc3ccccc3)c(OC)c2)nnn1-c1nonc1N. The van der Waals surface area contributed by atoms with Crippen molar-refractivity contribution in [2.75, 3.05) is 20.0 Å². The summed E-state index contributed by atoms with van der Waals surface area (Å²) in [4.78, 5) is 12.7. The van der Waals surface area contributed by atoms with E-state index in [4.69, 9.17) is 19.9 Å². The molecule has 186 valence electrons. The summed E-state index contributed by atoms with van der Waals surface area (Å²) in [7, 11) is 3.00. The largest absolute Gasteiger partial charge is 0.493 e. The molecule has 0 radical (unpaired) electrons. The van der Waals surface area contributed by atoms with E-state index >= 15 is 0 Å². The fourth-order valence-electron chi connectivity index (χ4n) is 3.15. The molecule has 13 nitrogen and oxygen atoms in total. The van der Waals surface area contributed by atoms with Gasteiger partial charge in [-0.15, -0.1) is 5.10 Å². The van der Waals surface area contributed by atoms with Crippen LogP contribution in [-0.2, 0) is 18.0 Å². The first-order valence-corrected chi connectivity index (χ1v) is 11.2. The predicted molar refractivity (Wildman–Crippen MR) is 131 cm³/mol. The molecule has 0 aliphatic carbocycles. The topological polar surface area (TPSA) is 165 Å². The Balaban J connectivity index is 1.48. The molecule has 0 aliphatic heterocycles. The predicted octanol–water partition coefficient (Wildman–Crippen LogP) is 2.49. The third-order valence-corrected chi connectivity index (χ3v) is 5.40. The van der Waals surface area contributed by atoms with Crippen molar-refractivity contribution >= 4 is 33.9 Å². The highest BCUT2D eigenvalue weighted by atomic mass is 79.9. The molecule has 4 aromatic rings. The Morgan fingerprint density at radius 3 is 2.72 bits per heavy atom. The average molecular weight is 557 g/mol. The van der Waals surface area contributed by atoms with Crippen molar-refractivity contribution < 1.29 is 23.6 Å². The van der Waals surface area contributed by atoms with Crippen LogP contribution in [0.2, 0.25) is 0 Å². The molecule has 3 N–H and O–H groups in total. The molecule has 4 rings (SSSR count). The van der Waals surface area contributed by atoms with Crippen molar-refractivity contribution in [3.63, 3.8) is 0 Å². The van der Waals surface area contributed by atoms with Gasteiger partial charge in [-0.05, 0) is 49.5 Å². The molecule has 0 bridgehead atoms. The highest BCUT2D eigenvalue weighted by Gasteiger charge is 2.23. The van der Waals surface area contributed by atoms with Crippen LogP contribution in [0.4, 0.5) is 5.82 Å². The number of amides is 1. The number of anilines is 1. The van der Waals surface area contributed by atoms with Gasteiger partial charge in [-0.1, -0.05) is 35.5 Å². The summed E-state index contributed by atoms with van der Waals surface area (Å²) in [6.45, 7) is 0.375. The van der Waals surface area contributed by atoms with Crippen molar-refractivity contribution in [1.82, 2.24) is 30.7 Å². The molecule has 14 heteroatoms. The minimum Gasteiger partial charge on any atom is -0.493 e. The van der Waals surface area contributed by atoms with Gasteiger partial charge in [0.1, 0.15) is 12.3 Å². The van der Waals surface area contributed by atoms with Crippen LogP contribution in [0.3, 0.4) is 0 Å². The number of hydrogen-bond donors (Lipinski definition) is 2. The highest BCUT2D eigenvalue weighted by Crippen LogP contribution is 2.36. The number of nitrogens with zero attached hydrogens (tertiary/aromatic N) is 6. The van der Waals surface area contributed by atoms with E-state index in [1.54, 1.807) is 12.1 Å². The Morgan fingerprint density at radius 2 is 2.03 bits per heavy atom. The standard InChI is InChI=1S/C22H21BrN8O5/c1-33-12-16-18(26-30-31(16)21-20(24)28-36-29-21)22(32)27-25-10-14-8-15(23)19(17(9-14)34-2)35-11-13-6-4-3-5-7-13/h3-10H,11-12H2,1-2H3,(H2,24,28)(H,27,32)/b25-10+. The van der Waals surface area contributed by atoms with E-state index in [1.807, 2.05) is 30.3 Å². The van der Waals surface area contributed by atoms with Gasteiger partial charge in [0, 0.05) is 7.11 Å². The minimum absolute atomic E-state index is 0.000354. The van der Waals surface area contributed by atoms with Crippen molar-refractivity contribution in [3.05, 3.63) is 69.5 Å². The maximum Gasteiger partial charge on any atom is 0.293 e. The Labute approximate surface area is 213 Å². The van der Waals surface area contributed by atoms with Gasteiger partial charge in [-0.3, -0.25) is 4.79 Å². The van der Waals surface area contributed by atoms with Crippen LogP contribution in [0.1, 0.15) is 27.3 Å². The van der Waals surface area contributed by atoms with Crippen molar-refractivity contribution in [2.45, 2.75) is 13.2 Å². The molecule has 36 heavy (non-hydrogen) atoms. The number of halogens is 1. The van der Waals surface area contributed by atoms with Gasteiger partial charge in [0.15, 0.2) is 17.2 Å². The monoisotopic (exact) mass is 556 g/mol. The third kappa shape index (κ3) is 5.50. The van der Waals surface area contributed by atoms with E-state index in [-0.39, 0.29) is 29.6 Å². The first kappa shape index (κ1) is 24.8. The number of carbonyl (C=O) groups is 1. The number of aromatic nitrogens is 5. The fraction of sp³-hybridized carbons (Fsp3) is 0.182. The molecule has 0 saturated carbocycles. The number of benzene rings is 2. The number of nitrogen functional groups attached to an aromatic ring is 1. The quantitative estimate of drug-likeness (QED) is 0.219. The van der Waals surface area contributed by atoms with Crippen molar-refractivity contribution in [1.29, 1.82) is 0 Å². The smallest absolute Gasteiger partial charge is 0.293 e. The van der Waals surface area contributed by atoms with Crippen LogP contribution < -0.4 is 20.6 Å². The lowest BCUT2D eigenvalue weighted by molar-refractivity contribution is 0.0944. The van der Waals surface area contributed by atoms with Gasteiger partial charge in [0.05, 0.1) is 24.4 Å². The average Bonchev–Trinajstić information content (AvgIpc) is 3.49. The van der Waals surface area contributed by atoms with Crippen molar-refractivity contribution in [2.24, 2.45) is 5.10 Å². The van der Waals surface area contributed by atoms with Gasteiger partial charge in [0.25, 0.3) is 5.91 Å². The van der Waals surface area contributed by atoms with E-state index in [1.165, 1.54) is 25.1 Å². The number of nitrogens with one attached hydrogen (secondary N) is 1. The van der Waals surface area contributed by atoms with E-state index in [0.29, 0.717) is 28.1 Å². The lowest BCUT2D eigenvalue weighted by Crippen LogP contribution is -2.20. The molecular weight excluding hydrogens is 536 g/mol. The first-order chi connectivity index (χ1) is 17.5. The molecule has 2 aromatic carbocycles. The number of carbonyl (C=O) groups excluding carboxylic acids is 1. The second kappa shape index (κ2) is 11.4. The zero-order valence-corrected chi connectivity index (χ0v) is 20.8. The first-order valence-electron chi connectivity index (χ1n) is 10.4. The lowest BCUT2D eigenvalue weighted by atomic mass is 10.2. The second-order valence-corrected chi connectivity index (χ2v) is 8.06. The van der Waals surface area contributed by atoms with Gasteiger partial charge < -0.3 is 19.9 Å². The summed E-state index contributed by atoms with van der Waals surface area (Å²) >= 11 is 3.51. The zero-order valence-electron chi connectivity index (χ0n) is 19.2. The lowest BCUT2D eigenvalue weighted by Gasteiger charge is -2.13. The van der Waals surface area contributed by atoms with E-state index in [2.05, 4.69) is 51.7 Å². The van der Waals surface area contributed by atoms with Crippen LogP contribution >= 0.6 is 15.9 Å². The van der Waals surface area contributed by atoms with Crippen LogP contribution in [0.15, 0.2) is 56.7 Å². The third-order valence-electron chi connectivity index (χ3n) is 4.81. The van der Waals surface area contributed by atoms with Gasteiger partial charge in [-0.2, -0.15) is 9.78 Å². The normalized spacial score (nSPS) is 11.1. The summed E-state index contributed by atoms with van der Waals surface area (Å²) < 4.78 is 23.0. The van der Waals surface area contributed by atoms with Crippen LogP contribution in [0.25, 0.3) is 5.82 Å². The van der Waals surface area contributed by atoms with E-state index in [9.17, 15) is 4.79 Å². The van der Waals surface area contributed by atoms with Gasteiger partial charge in [-0.25, -0.2) is 10.1 Å². The number of rotatable bonds is 10. The summed E-state index contributed by atoms with van der Waals surface area (Å²) in [6.07, 6.45) is 1.45. The Morgan fingerprint density at radius 1 is 1.22 bits per heavy atom. The Kier molecular flexibility index (Phi) is 7.87. The molecule has 1 amide bonds. The van der Waals surface area contributed by atoms with Crippen LogP contribution in [0, 0.1) is 0 Å². The summed E-state index contributed by atoms with van der Waals surface area (Å²) in [5.41, 5.74) is 10.1. The molecule has 2 heterocycles. The Bertz CT molecular complexity index is 1370. The maximum absolute atomic E-state index is 12.7. The van der Waals surface area contributed by atoms with E-state index < -0.39 is 5.91 Å². The number of nitrogens with two attached hydrogens (primary N) is 1. The number of methoxy groups -OCH3 is 2. The molecule has 0 fully saturated rings. The Hall–Kier alpha value is -4.30. The molecule has 0 saturated heterocycles. The molecule has 0 unspecified atom stereocenters. The molecule has 0 atom stereocenters. The second-order valence-electron chi connectivity index (χ2n) is 7.21. The molecule has 0 spiro atoms. The van der Waals surface area contributed by atoms with Gasteiger partial charge in [0.2, 0.25) is 11.6 Å². The van der Waals surface area contributed by atoms with Crippen LogP contribution in [-0.4, -0.2) is 51.6 Å². The van der Waals surface area contributed by atoms with E-state index in [0.717, 1.165) is 5.56 Å². The fourth-order valence-corrected chi connectivity index (χ4v) is 3.73. The zero-order chi connectivity index (χ0) is 25.5. The maximum atomic E-state index is 12.7. The summed E-state index contributed by atoms with van der Waals surface area (Å²) in [5, 5.41) is 19.0. The summed E-state index contributed by atoms with van der Waals surface area (Å²) in [6, 6.07) is 13.3. The van der Waals surface area contributed by atoms with Crippen molar-refractivity contribution in [3.8, 4) is 17.3 Å². The minimum atomic E-state index is -0.617. The molecule has 0 aliphatic rings. The molecular formula is C22H21BrN8O5. The summed E-state index contributed by atoms with van der Waals surface area (Å²) in [5.74, 6) is 0.497. The van der Waals surface area contributed by atoms with Crippen LogP contribution in [0.5, 0.6) is 11.5 Å². The molecule has 2 aromatic heterocycles.